The van der Waals surface area contributed by atoms with Crippen molar-refractivity contribution in [1.82, 2.24) is 20.0 Å². The smallest absolute Gasteiger partial charge is 0.236 e. The van der Waals surface area contributed by atoms with Crippen molar-refractivity contribution in [2.45, 2.75) is 33.2 Å². The van der Waals surface area contributed by atoms with Gasteiger partial charge in [0, 0.05) is 38.3 Å². The van der Waals surface area contributed by atoms with Gasteiger partial charge in [-0.05, 0) is 27.3 Å². The third-order valence-corrected chi connectivity index (χ3v) is 3.83. The highest BCUT2D eigenvalue weighted by Gasteiger charge is 2.24. The van der Waals surface area contributed by atoms with Crippen LogP contribution in [0.25, 0.3) is 0 Å². The molecule has 23 heavy (non-hydrogen) atoms. The first-order chi connectivity index (χ1) is 10.7. The fraction of sp³-hybridized carbons (Fsp3) is 0.875. The Morgan fingerprint density at radius 1 is 1.17 bits per heavy atom. The summed E-state index contributed by atoms with van der Waals surface area (Å²) in [6, 6.07) is 0. The van der Waals surface area contributed by atoms with E-state index in [1.165, 1.54) is 0 Å². The summed E-state index contributed by atoms with van der Waals surface area (Å²) < 4.78 is 0. The topological polar surface area (TPSA) is 76.1 Å². The average Bonchev–Trinajstić information content (AvgIpc) is 2.45. The lowest BCUT2D eigenvalue weighted by Crippen LogP contribution is -2.54. The number of nitrogens with zero attached hydrogens (tertiary/aromatic N) is 3. The van der Waals surface area contributed by atoms with E-state index < -0.39 is 0 Å². The van der Waals surface area contributed by atoms with E-state index in [1.807, 2.05) is 37.5 Å². The number of hydrogen-bond acceptors (Lipinski definition) is 5. The van der Waals surface area contributed by atoms with E-state index in [0.717, 1.165) is 19.6 Å². The zero-order valence-electron chi connectivity index (χ0n) is 15.0. The van der Waals surface area contributed by atoms with Crippen molar-refractivity contribution in [3.63, 3.8) is 0 Å². The molecular weight excluding hydrogens is 296 g/mol. The van der Waals surface area contributed by atoms with E-state index in [9.17, 15) is 9.59 Å². The third kappa shape index (κ3) is 7.76. The quantitative estimate of drug-likeness (QED) is 0.650. The van der Waals surface area contributed by atoms with Gasteiger partial charge in [-0.25, -0.2) is 0 Å². The molecule has 2 amide bonds. The molecule has 7 heteroatoms. The van der Waals surface area contributed by atoms with Crippen molar-refractivity contribution in [3.05, 3.63) is 0 Å². The SMILES string of the molecule is CCN(CCO)CC(=O)N1CCN(CC(=O)NC(C)(C)C)CC1. The highest BCUT2D eigenvalue weighted by atomic mass is 16.3. The first kappa shape index (κ1) is 19.9. The van der Waals surface area contributed by atoms with Crippen molar-refractivity contribution in [2.75, 3.05) is 59.0 Å². The molecule has 1 fully saturated rings. The Morgan fingerprint density at radius 2 is 1.78 bits per heavy atom. The standard InChI is InChI=1S/C16H32N4O3/c1-5-18(10-11-21)13-15(23)20-8-6-19(7-9-20)12-14(22)17-16(2,3)4/h21H,5-13H2,1-4H3,(H,17,22). The molecule has 0 aromatic heterocycles. The van der Waals surface area contributed by atoms with Crippen molar-refractivity contribution in [1.29, 1.82) is 0 Å². The molecule has 1 aliphatic rings. The molecule has 0 bridgehead atoms. The number of piperazine rings is 1. The lowest BCUT2D eigenvalue weighted by Gasteiger charge is -2.35. The largest absolute Gasteiger partial charge is 0.395 e. The van der Waals surface area contributed by atoms with Crippen LogP contribution in [0.15, 0.2) is 0 Å². The number of aliphatic hydroxyl groups excluding tert-OH is 1. The lowest BCUT2D eigenvalue weighted by molar-refractivity contribution is -0.134. The molecule has 0 radical (unpaired) electrons. The highest BCUT2D eigenvalue weighted by Crippen LogP contribution is 2.04. The number of aliphatic hydroxyl groups is 1. The maximum atomic E-state index is 12.3. The van der Waals surface area contributed by atoms with E-state index in [1.54, 1.807) is 0 Å². The van der Waals surface area contributed by atoms with Gasteiger partial charge < -0.3 is 15.3 Å². The van der Waals surface area contributed by atoms with Gasteiger partial charge in [0.15, 0.2) is 0 Å². The van der Waals surface area contributed by atoms with Gasteiger partial charge in [0.25, 0.3) is 0 Å². The Bertz CT molecular complexity index is 387. The van der Waals surface area contributed by atoms with Crippen LogP contribution in [0.4, 0.5) is 0 Å². The first-order valence-corrected chi connectivity index (χ1v) is 8.39. The molecule has 1 aliphatic heterocycles. The number of hydrogen-bond donors (Lipinski definition) is 2. The normalized spacial score (nSPS) is 16.7. The summed E-state index contributed by atoms with van der Waals surface area (Å²) in [7, 11) is 0. The van der Waals surface area contributed by atoms with E-state index in [0.29, 0.717) is 32.7 Å². The molecule has 0 aromatic rings. The second kappa shape index (κ2) is 9.20. The van der Waals surface area contributed by atoms with Crippen LogP contribution in [-0.2, 0) is 9.59 Å². The second-order valence-corrected chi connectivity index (χ2v) is 7.05. The summed E-state index contributed by atoms with van der Waals surface area (Å²) in [6.07, 6.45) is 0. The molecule has 0 spiro atoms. The minimum atomic E-state index is -0.217. The molecule has 7 nitrogen and oxygen atoms in total. The van der Waals surface area contributed by atoms with Gasteiger partial charge in [-0.15, -0.1) is 0 Å². The van der Waals surface area contributed by atoms with Crippen LogP contribution < -0.4 is 5.32 Å². The van der Waals surface area contributed by atoms with Gasteiger partial charge in [-0.3, -0.25) is 19.4 Å². The lowest BCUT2D eigenvalue weighted by atomic mass is 10.1. The molecule has 0 aliphatic carbocycles. The van der Waals surface area contributed by atoms with Gasteiger partial charge in [0.05, 0.1) is 19.7 Å². The van der Waals surface area contributed by atoms with Crippen LogP contribution in [0.3, 0.4) is 0 Å². The van der Waals surface area contributed by atoms with Gasteiger partial charge in [0.1, 0.15) is 0 Å². The Kier molecular flexibility index (Phi) is 7.94. The second-order valence-electron chi connectivity index (χ2n) is 7.05. The van der Waals surface area contributed by atoms with E-state index >= 15 is 0 Å². The maximum absolute atomic E-state index is 12.3. The average molecular weight is 328 g/mol. The van der Waals surface area contributed by atoms with Crippen LogP contribution >= 0.6 is 0 Å². The Morgan fingerprint density at radius 3 is 2.26 bits per heavy atom. The van der Waals surface area contributed by atoms with E-state index in [2.05, 4.69) is 10.2 Å². The van der Waals surface area contributed by atoms with Crippen molar-refractivity contribution in [2.24, 2.45) is 0 Å². The monoisotopic (exact) mass is 328 g/mol. The summed E-state index contributed by atoms with van der Waals surface area (Å²) in [6.45, 7) is 12.7. The molecule has 0 saturated carbocycles. The predicted molar refractivity (Wildman–Crippen MR) is 90.1 cm³/mol. The van der Waals surface area contributed by atoms with Gasteiger partial charge in [-0.1, -0.05) is 6.92 Å². The Balaban J connectivity index is 2.34. The van der Waals surface area contributed by atoms with E-state index in [4.69, 9.17) is 5.11 Å². The van der Waals surface area contributed by atoms with Crippen LogP contribution in [-0.4, -0.2) is 96.1 Å². The van der Waals surface area contributed by atoms with Crippen LogP contribution in [0, 0.1) is 0 Å². The minimum Gasteiger partial charge on any atom is -0.395 e. The molecule has 134 valence electrons. The number of carbonyl (C=O) groups is 2. The number of nitrogens with one attached hydrogen (secondary N) is 1. The number of likely N-dealkylation sites (N-methyl/N-ethyl adjacent to an activating group) is 1. The molecule has 0 aromatic carbocycles. The highest BCUT2D eigenvalue weighted by molar-refractivity contribution is 5.79. The summed E-state index contributed by atoms with van der Waals surface area (Å²) in [4.78, 5) is 30.1. The summed E-state index contributed by atoms with van der Waals surface area (Å²) in [5.41, 5.74) is -0.217. The van der Waals surface area contributed by atoms with Gasteiger partial charge in [-0.2, -0.15) is 0 Å². The van der Waals surface area contributed by atoms with Gasteiger partial charge >= 0.3 is 0 Å². The summed E-state index contributed by atoms with van der Waals surface area (Å²) in [5, 5.41) is 11.9. The zero-order valence-corrected chi connectivity index (χ0v) is 15.0. The number of carbonyl (C=O) groups excluding carboxylic acids is 2. The van der Waals surface area contributed by atoms with E-state index in [-0.39, 0.29) is 24.0 Å². The summed E-state index contributed by atoms with van der Waals surface area (Å²) in [5.74, 6) is 0.122. The maximum Gasteiger partial charge on any atom is 0.236 e. The zero-order chi connectivity index (χ0) is 17.5. The Labute approximate surface area is 139 Å². The third-order valence-electron chi connectivity index (χ3n) is 3.83. The summed E-state index contributed by atoms with van der Waals surface area (Å²) >= 11 is 0. The van der Waals surface area contributed by atoms with Crippen LogP contribution in [0.2, 0.25) is 0 Å². The van der Waals surface area contributed by atoms with Crippen molar-refractivity contribution >= 4 is 11.8 Å². The number of rotatable bonds is 7. The minimum absolute atomic E-state index is 0.0254. The van der Waals surface area contributed by atoms with Gasteiger partial charge in [0.2, 0.25) is 11.8 Å². The molecule has 0 unspecified atom stereocenters. The van der Waals surface area contributed by atoms with Crippen molar-refractivity contribution < 1.29 is 14.7 Å². The fourth-order valence-corrected chi connectivity index (χ4v) is 2.60. The van der Waals surface area contributed by atoms with Crippen molar-refractivity contribution in [3.8, 4) is 0 Å². The molecule has 1 rings (SSSR count). The molecular formula is C16H32N4O3. The predicted octanol–water partition coefficient (Wildman–Crippen LogP) is -0.640. The number of amides is 2. The molecule has 0 atom stereocenters. The van der Waals surface area contributed by atoms with Crippen LogP contribution in [0.1, 0.15) is 27.7 Å². The molecule has 2 N–H and O–H groups in total. The Hall–Kier alpha value is -1.18. The fourth-order valence-electron chi connectivity index (χ4n) is 2.60. The van der Waals surface area contributed by atoms with Crippen LogP contribution in [0.5, 0.6) is 0 Å². The molecule has 1 saturated heterocycles. The molecule has 1 heterocycles. The first-order valence-electron chi connectivity index (χ1n) is 8.39.